The van der Waals surface area contributed by atoms with Crippen LogP contribution in [-0.2, 0) is 27.8 Å². The lowest BCUT2D eigenvalue weighted by Gasteiger charge is -2.25. The second-order valence-corrected chi connectivity index (χ2v) is 10.0. The van der Waals surface area contributed by atoms with Crippen LogP contribution < -0.4 is 0 Å². The molecule has 2 aromatic carbocycles. The molecule has 2 aromatic rings. The van der Waals surface area contributed by atoms with Crippen molar-refractivity contribution in [2.45, 2.75) is 37.1 Å². The van der Waals surface area contributed by atoms with E-state index in [2.05, 4.69) is 0 Å². The molecule has 0 spiro atoms. The zero-order chi connectivity index (χ0) is 21.0. The molecule has 0 atom stereocenters. The maximum Gasteiger partial charge on any atom is 0.243 e. The van der Waals surface area contributed by atoms with Crippen LogP contribution in [0.2, 0.25) is 10.0 Å². The Bertz CT molecular complexity index is 972. The first-order valence-corrected chi connectivity index (χ1v) is 11.7. The minimum absolute atomic E-state index is 0.0669. The zero-order valence-corrected chi connectivity index (χ0v) is 18.6. The van der Waals surface area contributed by atoms with E-state index >= 15 is 0 Å². The molecule has 0 aromatic heterocycles. The highest BCUT2D eigenvalue weighted by atomic mass is 35.5. The largest absolute Gasteiger partial charge is 0.341 e. The quantitative estimate of drug-likeness (QED) is 0.650. The predicted molar refractivity (Wildman–Crippen MR) is 116 cm³/mol. The van der Waals surface area contributed by atoms with Gasteiger partial charge in [-0.1, -0.05) is 47.8 Å². The second kappa shape index (κ2) is 9.47. The van der Waals surface area contributed by atoms with Crippen molar-refractivity contribution in [2.75, 3.05) is 20.1 Å². The SMILES string of the molecule is CN(Cc1ccc(Cl)c(Cl)c1)C(=O)Cc1ccc(S(=O)(=O)N2CCCCC2)cc1. The Balaban J connectivity index is 1.62. The third kappa shape index (κ3) is 5.51. The predicted octanol–water partition coefficient (Wildman–Crippen LogP) is 4.37. The van der Waals surface area contributed by atoms with E-state index in [0.29, 0.717) is 29.7 Å². The fourth-order valence-corrected chi connectivity index (χ4v) is 5.18. The van der Waals surface area contributed by atoms with Crippen LogP contribution in [0.5, 0.6) is 0 Å². The number of halogens is 2. The van der Waals surface area contributed by atoms with Gasteiger partial charge in [0.25, 0.3) is 0 Å². The van der Waals surface area contributed by atoms with Crippen LogP contribution in [0.4, 0.5) is 0 Å². The van der Waals surface area contributed by atoms with Gasteiger partial charge in [-0.2, -0.15) is 4.31 Å². The number of piperidine rings is 1. The van der Waals surface area contributed by atoms with E-state index < -0.39 is 10.0 Å². The Morgan fingerprint density at radius 3 is 2.21 bits per heavy atom. The average molecular weight is 455 g/mol. The van der Waals surface area contributed by atoms with E-state index in [9.17, 15) is 13.2 Å². The highest BCUT2D eigenvalue weighted by molar-refractivity contribution is 7.89. The molecule has 0 radical (unpaired) electrons. The van der Waals surface area contributed by atoms with Gasteiger partial charge >= 0.3 is 0 Å². The number of hydrogen-bond donors (Lipinski definition) is 0. The topological polar surface area (TPSA) is 57.7 Å². The first-order chi connectivity index (χ1) is 13.8. The zero-order valence-electron chi connectivity index (χ0n) is 16.3. The van der Waals surface area contributed by atoms with Crippen LogP contribution in [0.3, 0.4) is 0 Å². The van der Waals surface area contributed by atoms with Gasteiger partial charge in [0.15, 0.2) is 0 Å². The van der Waals surface area contributed by atoms with Crippen molar-refractivity contribution in [1.29, 1.82) is 0 Å². The van der Waals surface area contributed by atoms with Gasteiger partial charge in [-0.05, 0) is 48.2 Å². The van der Waals surface area contributed by atoms with E-state index in [1.54, 1.807) is 52.7 Å². The Kier molecular flexibility index (Phi) is 7.22. The number of likely N-dealkylation sites (N-methyl/N-ethyl adjacent to an activating group) is 1. The summed E-state index contributed by atoms with van der Waals surface area (Å²) in [4.78, 5) is 14.4. The van der Waals surface area contributed by atoms with Crippen molar-refractivity contribution in [3.05, 3.63) is 63.6 Å². The Hall–Kier alpha value is -1.60. The van der Waals surface area contributed by atoms with Gasteiger partial charge in [0.05, 0.1) is 21.4 Å². The molecule has 3 rings (SSSR count). The Morgan fingerprint density at radius 2 is 1.59 bits per heavy atom. The molecule has 1 aliphatic heterocycles. The smallest absolute Gasteiger partial charge is 0.243 e. The van der Waals surface area contributed by atoms with Crippen molar-refractivity contribution in [3.63, 3.8) is 0 Å². The van der Waals surface area contributed by atoms with Crippen LogP contribution in [0, 0.1) is 0 Å². The van der Waals surface area contributed by atoms with Crippen LogP contribution in [0.15, 0.2) is 47.4 Å². The van der Waals surface area contributed by atoms with E-state index in [4.69, 9.17) is 23.2 Å². The normalized spacial score (nSPS) is 15.3. The highest BCUT2D eigenvalue weighted by Gasteiger charge is 2.25. The van der Waals surface area contributed by atoms with E-state index in [-0.39, 0.29) is 17.2 Å². The summed E-state index contributed by atoms with van der Waals surface area (Å²) in [6, 6.07) is 11.9. The number of hydrogen-bond acceptors (Lipinski definition) is 3. The first-order valence-electron chi connectivity index (χ1n) is 9.54. The number of amides is 1. The highest BCUT2D eigenvalue weighted by Crippen LogP contribution is 2.24. The Labute approximate surface area is 182 Å². The second-order valence-electron chi connectivity index (χ2n) is 7.28. The molecule has 5 nitrogen and oxygen atoms in total. The van der Waals surface area contributed by atoms with Crippen molar-refractivity contribution < 1.29 is 13.2 Å². The molecule has 29 heavy (non-hydrogen) atoms. The monoisotopic (exact) mass is 454 g/mol. The third-order valence-electron chi connectivity index (χ3n) is 5.06. The van der Waals surface area contributed by atoms with E-state index in [0.717, 1.165) is 30.4 Å². The summed E-state index contributed by atoms with van der Waals surface area (Å²) in [5, 5.41) is 0.930. The van der Waals surface area contributed by atoms with Crippen molar-refractivity contribution in [1.82, 2.24) is 9.21 Å². The molecule has 156 valence electrons. The molecular weight excluding hydrogens is 431 g/mol. The van der Waals surface area contributed by atoms with Crippen LogP contribution in [0.1, 0.15) is 30.4 Å². The molecule has 1 aliphatic rings. The molecular formula is C21H24Cl2N2O3S. The third-order valence-corrected chi connectivity index (χ3v) is 7.71. The lowest BCUT2D eigenvalue weighted by molar-refractivity contribution is -0.129. The number of sulfonamides is 1. The summed E-state index contributed by atoms with van der Waals surface area (Å²) in [7, 11) is -1.73. The van der Waals surface area contributed by atoms with Gasteiger partial charge in [-0.15, -0.1) is 0 Å². The summed E-state index contributed by atoms with van der Waals surface area (Å²) >= 11 is 11.9. The molecule has 0 unspecified atom stereocenters. The number of carbonyl (C=O) groups is 1. The number of benzene rings is 2. The van der Waals surface area contributed by atoms with Crippen LogP contribution in [0.25, 0.3) is 0 Å². The average Bonchev–Trinajstić information content (AvgIpc) is 2.72. The minimum Gasteiger partial charge on any atom is -0.341 e. The van der Waals surface area contributed by atoms with E-state index in [1.807, 2.05) is 6.07 Å². The standard InChI is InChI=1S/C21H24Cl2N2O3S/c1-24(15-17-7-10-19(22)20(23)13-17)21(26)14-16-5-8-18(9-6-16)29(27,28)25-11-3-2-4-12-25/h5-10,13H,2-4,11-12,14-15H2,1H3. The lowest BCUT2D eigenvalue weighted by atomic mass is 10.1. The molecule has 0 N–H and O–H groups in total. The molecule has 0 aliphatic carbocycles. The summed E-state index contributed by atoms with van der Waals surface area (Å²) in [5.74, 6) is -0.0669. The minimum atomic E-state index is -3.46. The first kappa shape index (κ1) is 22.1. The summed E-state index contributed by atoms with van der Waals surface area (Å²) in [6.07, 6.45) is 3.07. The lowest BCUT2D eigenvalue weighted by Crippen LogP contribution is -2.35. The van der Waals surface area contributed by atoms with E-state index in [1.165, 1.54) is 0 Å². The van der Waals surface area contributed by atoms with Crippen LogP contribution >= 0.6 is 23.2 Å². The van der Waals surface area contributed by atoms with Crippen molar-refractivity contribution in [3.8, 4) is 0 Å². The molecule has 0 bridgehead atoms. The fraction of sp³-hybridized carbons (Fsp3) is 0.381. The number of carbonyl (C=O) groups excluding carboxylic acids is 1. The van der Waals surface area contributed by atoms with Crippen molar-refractivity contribution >= 4 is 39.1 Å². The number of nitrogens with zero attached hydrogens (tertiary/aromatic N) is 2. The maximum atomic E-state index is 12.7. The number of rotatable bonds is 6. The van der Waals surface area contributed by atoms with Gasteiger partial charge in [0.1, 0.15) is 0 Å². The summed E-state index contributed by atoms with van der Waals surface area (Å²) in [6.45, 7) is 1.56. The van der Waals surface area contributed by atoms with Crippen LogP contribution in [-0.4, -0.2) is 43.7 Å². The molecule has 8 heteroatoms. The Morgan fingerprint density at radius 1 is 0.966 bits per heavy atom. The van der Waals surface area contributed by atoms with Gasteiger partial charge in [0.2, 0.25) is 15.9 Å². The summed E-state index contributed by atoms with van der Waals surface area (Å²) < 4.78 is 27.0. The van der Waals surface area contributed by atoms with Crippen molar-refractivity contribution in [2.24, 2.45) is 0 Å². The summed E-state index contributed by atoms with van der Waals surface area (Å²) in [5.41, 5.74) is 1.66. The van der Waals surface area contributed by atoms with Gasteiger partial charge < -0.3 is 4.90 Å². The molecule has 1 fully saturated rings. The molecule has 0 saturated carbocycles. The fourth-order valence-electron chi connectivity index (χ4n) is 3.34. The van der Waals surface area contributed by atoms with Gasteiger partial charge in [-0.25, -0.2) is 8.42 Å². The molecule has 1 heterocycles. The van der Waals surface area contributed by atoms with Gasteiger partial charge in [-0.3, -0.25) is 4.79 Å². The molecule has 1 amide bonds. The van der Waals surface area contributed by atoms with Gasteiger partial charge in [0, 0.05) is 26.7 Å². The molecule has 1 saturated heterocycles. The maximum absolute atomic E-state index is 12.7.